The summed E-state index contributed by atoms with van der Waals surface area (Å²) in [6, 6.07) is 9.35. The van der Waals surface area contributed by atoms with Gasteiger partial charge in [0.25, 0.3) is 0 Å². The van der Waals surface area contributed by atoms with Crippen LogP contribution in [0.4, 0.5) is 16.3 Å². The van der Waals surface area contributed by atoms with Crippen LogP contribution in [0.25, 0.3) is 0 Å². The maximum Gasteiger partial charge on any atom is 0.417 e. The average molecular weight is 402 g/mol. The standard InChI is InChI=1S/C22H31N3O4/c1-15-7-9-17(10-8-15)24(20(26)27)19-13-18(23-25(19)21(2,3)4)16-11-12-22(14-16,28-5)29-6/h7-10,13,16H,11-12,14H2,1-6H3,(H,26,27). The molecule has 29 heavy (non-hydrogen) atoms. The van der Waals surface area contributed by atoms with Gasteiger partial charge in [0.05, 0.1) is 16.9 Å². The molecule has 1 aliphatic carbocycles. The molecule has 1 atom stereocenters. The van der Waals surface area contributed by atoms with E-state index < -0.39 is 11.9 Å². The van der Waals surface area contributed by atoms with Gasteiger partial charge in [0.2, 0.25) is 0 Å². The maximum atomic E-state index is 12.2. The quantitative estimate of drug-likeness (QED) is 0.712. The van der Waals surface area contributed by atoms with Crippen molar-refractivity contribution in [2.45, 2.75) is 64.2 Å². The normalized spacial score (nSPS) is 18.8. The smallest absolute Gasteiger partial charge is 0.417 e. The van der Waals surface area contributed by atoms with Crippen molar-refractivity contribution in [2.24, 2.45) is 0 Å². The van der Waals surface area contributed by atoms with E-state index in [9.17, 15) is 9.90 Å². The summed E-state index contributed by atoms with van der Waals surface area (Å²) >= 11 is 0. The van der Waals surface area contributed by atoms with Gasteiger partial charge in [0.1, 0.15) is 5.82 Å². The molecule has 1 aromatic heterocycles. The Balaban J connectivity index is 2.06. The number of rotatable bonds is 5. The summed E-state index contributed by atoms with van der Waals surface area (Å²) in [5.74, 6) is 0.0851. The number of nitrogens with zero attached hydrogens (tertiary/aromatic N) is 3. The van der Waals surface area contributed by atoms with Crippen LogP contribution in [0.5, 0.6) is 0 Å². The first-order valence-corrected chi connectivity index (χ1v) is 9.91. The molecule has 158 valence electrons. The molecule has 1 aliphatic rings. The van der Waals surface area contributed by atoms with Crippen LogP contribution in [-0.4, -0.2) is 41.0 Å². The molecular formula is C22H31N3O4. The highest BCUT2D eigenvalue weighted by Gasteiger charge is 2.42. The number of methoxy groups -OCH3 is 2. The van der Waals surface area contributed by atoms with Crippen molar-refractivity contribution >= 4 is 17.6 Å². The number of ether oxygens (including phenoxy) is 2. The molecule has 3 rings (SSSR count). The Morgan fingerprint density at radius 2 is 1.86 bits per heavy atom. The Labute approximate surface area is 172 Å². The zero-order valence-corrected chi connectivity index (χ0v) is 18.1. The van der Waals surface area contributed by atoms with Crippen LogP contribution in [0.15, 0.2) is 30.3 Å². The molecule has 0 aliphatic heterocycles. The molecule has 1 unspecified atom stereocenters. The Kier molecular flexibility index (Phi) is 5.74. The van der Waals surface area contributed by atoms with Crippen molar-refractivity contribution in [3.8, 4) is 0 Å². The first-order chi connectivity index (χ1) is 13.6. The minimum atomic E-state index is -1.04. The van der Waals surface area contributed by atoms with Crippen LogP contribution in [0, 0.1) is 6.92 Å². The first kappa shape index (κ1) is 21.3. The SMILES string of the molecule is COC1(OC)CCC(c2cc(N(C(=O)O)c3ccc(C)cc3)n(C(C)(C)C)n2)C1. The summed E-state index contributed by atoms with van der Waals surface area (Å²) in [5, 5.41) is 14.9. The largest absolute Gasteiger partial charge is 0.464 e. The van der Waals surface area contributed by atoms with Gasteiger partial charge in [-0.2, -0.15) is 5.10 Å². The molecule has 1 heterocycles. The van der Waals surface area contributed by atoms with Gasteiger partial charge in [-0.15, -0.1) is 0 Å². The Morgan fingerprint density at radius 3 is 2.34 bits per heavy atom. The Bertz CT molecular complexity index is 863. The van der Waals surface area contributed by atoms with Crippen molar-refractivity contribution < 1.29 is 19.4 Å². The number of hydrogen-bond donors (Lipinski definition) is 1. The number of amides is 1. The van der Waals surface area contributed by atoms with E-state index >= 15 is 0 Å². The fourth-order valence-corrected chi connectivity index (χ4v) is 3.96. The zero-order chi connectivity index (χ0) is 21.4. The second-order valence-corrected chi connectivity index (χ2v) is 8.72. The topological polar surface area (TPSA) is 76.8 Å². The number of carboxylic acid groups (broad SMARTS) is 1. The summed E-state index contributed by atoms with van der Waals surface area (Å²) in [4.78, 5) is 13.5. The van der Waals surface area contributed by atoms with Crippen LogP contribution < -0.4 is 4.90 Å². The van der Waals surface area contributed by atoms with E-state index in [1.54, 1.807) is 18.9 Å². The van der Waals surface area contributed by atoms with Crippen LogP contribution in [0.3, 0.4) is 0 Å². The molecule has 7 heteroatoms. The molecule has 1 aromatic carbocycles. The summed E-state index contributed by atoms with van der Waals surface area (Å²) in [5.41, 5.74) is 2.15. The molecular weight excluding hydrogens is 370 g/mol. The van der Waals surface area contributed by atoms with Gasteiger partial charge in [-0.25, -0.2) is 14.4 Å². The number of carbonyl (C=O) groups is 1. The molecule has 0 spiro atoms. The lowest BCUT2D eigenvalue weighted by molar-refractivity contribution is -0.201. The van der Waals surface area contributed by atoms with Crippen LogP contribution >= 0.6 is 0 Å². The Hall–Kier alpha value is -2.38. The average Bonchev–Trinajstić information content (AvgIpc) is 3.28. The van der Waals surface area contributed by atoms with Gasteiger partial charge >= 0.3 is 6.09 Å². The van der Waals surface area contributed by atoms with Crippen molar-refractivity contribution in [3.05, 3.63) is 41.6 Å². The summed E-state index contributed by atoms with van der Waals surface area (Å²) in [7, 11) is 3.32. The monoisotopic (exact) mass is 401 g/mol. The van der Waals surface area contributed by atoms with Crippen molar-refractivity contribution in [2.75, 3.05) is 19.1 Å². The molecule has 1 amide bonds. The molecule has 0 radical (unpaired) electrons. The van der Waals surface area contributed by atoms with E-state index in [1.807, 2.05) is 58.0 Å². The van der Waals surface area contributed by atoms with E-state index in [2.05, 4.69) is 0 Å². The molecule has 1 N–H and O–H groups in total. The summed E-state index contributed by atoms with van der Waals surface area (Å²) < 4.78 is 13.0. The lowest BCUT2D eigenvalue weighted by atomic mass is 10.0. The van der Waals surface area contributed by atoms with E-state index in [-0.39, 0.29) is 11.5 Å². The fraction of sp³-hybridized carbons (Fsp3) is 0.545. The van der Waals surface area contributed by atoms with Gasteiger partial charge in [0, 0.05) is 39.0 Å². The summed E-state index contributed by atoms with van der Waals surface area (Å²) in [6.45, 7) is 8.04. The minimum Gasteiger partial charge on any atom is -0.464 e. The number of aromatic nitrogens is 2. The van der Waals surface area contributed by atoms with Gasteiger partial charge in [-0.05, 0) is 46.2 Å². The molecule has 7 nitrogen and oxygen atoms in total. The third-order valence-corrected chi connectivity index (χ3v) is 5.65. The van der Waals surface area contributed by atoms with Crippen molar-refractivity contribution in [1.82, 2.24) is 9.78 Å². The van der Waals surface area contributed by atoms with Crippen LogP contribution in [0.1, 0.15) is 57.2 Å². The third kappa shape index (κ3) is 4.16. The van der Waals surface area contributed by atoms with Crippen LogP contribution in [0.2, 0.25) is 0 Å². The molecule has 0 bridgehead atoms. The van der Waals surface area contributed by atoms with Crippen LogP contribution in [-0.2, 0) is 15.0 Å². The second-order valence-electron chi connectivity index (χ2n) is 8.72. The third-order valence-electron chi connectivity index (χ3n) is 5.65. The minimum absolute atomic E-state index is 0.144. The number of benzene rings is 1. The number of aryl methyl sites for hydroxylation is 1. The van der Waals surface area contributed by atoms with Crippen molar-refractivity contribution in [1.29, 1.82) is 0 Å². The molecule has 1 fully saturated rings. The van der Waals surface area contributed by atoms with Gasteiger partial charge in [-0.1, -0.05) is 17.7 Å². The molecule has 2 aromatic rings. The predicted molar refractivity (Wildman–Crippen MR) is 112 cm³/mol. The van der Waals surface area contributed by atoms with E-state index in [4.69, 9.17) is 14.6 Å². The lowest BCUT2D eigenvalue weighted by Gasteiger charge is -2.27. The second kappa shape index (κ2) is 7.80. The highest BCUT2D eigenvalue weighted by molar-refractivity contribution is 5.93. The zero-order valence-electron chi connectivity index (χ0n) is 18.1. The lowest BCUT2D eigenvalue weighted by Crippen LogP contribution is -2.32. The highest BCUT2D eigenvalue weighted by Crippen LogP contribution is 2.44. The molecule has 1 saturated carbocycles. The summed E-state index contributed by atoms with van der Waals surface area (Å²) in [6.07, 6.45) is 1.31. The van der Waals surface area contributed by atoms with E-state index in [0.29, 0.717) is 17.9 Å². The van der Waals surface area contributed by atoms with Gasteiger partial charge in [-0.3, -0.25) is 0 Å². The highest BCUT2D eigenvalue weighted by atomic mass is 16.7. The fourth-order valence-electron chi connectivity index (χ4n) is 3.96. The van der Waals surface area contributed by atoms with E-state index in [1.165, 1.54) is 4.90 Å². The van der Waals surface area contributed by atoms with Gasteiger partial charge < -0.3 is 14.6 Å². The van der Waals surface area contributed by atoms with Gasteiger partial charge in [0.15, 0.2) is 5.79 Å². The predicted octanol–water partition coefficient (Wildman–Crippen LogP) is 5.02. The van der Waals surface area contributed by atoms with E-state index in [0.717, 1.165) is 24.1 Å². The Morgan fingerprint density at radius 1 is 1.24 bits per heavy atom. The molecule has 0 saturated heterocycles. The first-order valence-electron chi connectivity index (χ1n) is 9.91. The maximum absolute atomic E-state index is 12.2. The number of hydrogen-bond acceptors (Lipinski definition) is 4. The number of anilines is 2. The van der Waals surface area contributed by atoms with Crippen molar-refractivity contribution in [3.63, 3.8) is 0 Å².